The second-order valence-electron chi connectivity index (χ2n) is 6.60. The maximum Gasteiger partial charge on any atom is 0.344 e. The van der Waals surface area contributed by atoms with Gasteiger partial charge in [-0.2, -0.15) is 0 Å². The molecule has 0 saturated carbocycles. The average Bonchev–Trinajstić information content (AvgIpc) is 3.01. The van der Waals surface area contributed by atoms with Gasteiger partial charge in [-0.1, -0.05) is 35.3 Å². The highest BCUT2D eigenvalue weighted by Crippen LogP contribution is 2.38. The van der Waals surface area contributed by atoms with Crippen molar-refractivity contribution in [2.75, 3.05) is 13.2 Å². The van der Waals surface area contributed by atoms with E-state index in [-0.39, 0.29) is 46.1 Å². The number of ether oxygens (including phenoxy) is 2. The molecule has 0 aromatic heterocycles. The molecule has 1 fully saturated rings. The third-order valence-electron chi connectivity index (χ3n) is 4.32. The molecular formula is C21H16Cl2N2O7S. The van der Waals surface area contributed by atoms with Gasteiger partial charge in [0, 0.05) is 12.1 Å². The molecule has 1 aliphatic rings. The minimum Gasteiger partial charge on any atom is -0.479 e. The number of thioether (sulfide) groups is 1. The molecule has 2 aromatic carbocycles. The molecule has 1 aliphatic heterocycles. The van der Waals surface area contributed by atoms with Crippen LogP contribution in [0.25, 0.3) is 6.08 Å². The van der Waals surface area contributed by atoms with Crippen LogP contribution in [0.5, 0.6) is 5.75 Å². The number of rotatable bonds is 8. The van der Waals surface area contributed by atoms with Gasteiger partial charge in [-0.3, -0.25) is 24.6 Å². The van der Waals surface area contributed by atoms with Crippen molar-refractivity contribution in [3.8, 4) is 5.75 Å². The number of hydrogen-bond acceptors (Lipinski definition) is 8. The summed E-state index contributed by atoms with van der Waals surface area (Å²) in [5.41, 5.74) is 0.934. The van der Waals surface area contributed by atoms with Crippen LogP contribution in [-0.4, -0.2) is 40.2 Å². The number of carbonyl (C=O) groups excluding carboxylic acids is 3. The van der Waals surface area contributed by atoms with Gasteiger partial charge in [0.25, 0.3) is 16.8 Å². The summed E-state index contributed by atoms with van der Waals surface area (Å²) in [4.78, 5) is 48.0. The van der Waals surface area contributed by atoms with Crippen LogP contribution in [0.4, 0.5) is 10.5 Å². The van der Waals surface area contributed by atoms with E-state index in [2.05, 4.69) is 0 Å². The first kappa shape index (κ1) is 24.6. The molecule has 0 unspecified atom stereocenters. The van der Waals surface area contributed by atoms with E-state index in [9.17, 15) is 24.5 Å². The van der Waals surface area contributed by atoms with Gasteiger partial charge in [0.2, 0.25) is 0 Å². The van der Waals surface area contributed by atoms with Crippen LogP contribution in [0.15, 0.2) is 41.3 Å². The van der Waals surface area contributed by atoms with Crippen molar-refractivity contribution in [1.29, 1.82) is 0 Å². The van der Waals surface area contributed by atoms with E-state index in [0.717, 1.165) is 16.7 Å². The molecule has 3 rings (SSSR count). The number of amides is 2. The first-order chi connectivity index (χ1) is 15.7. The number of non-ortho nitro benzene ring substituents is 1. The molecule has 1 heterocycles. The first-order valence-electron chi connectivity index (χ1n) is 9.45. The van der Waals surface area contributed by atoms with Gasteiger partial charge in [-0.15, -0.1) is 0 Å². The summed E-state index contributed by atoms with van der Waals surface area (Å²) in [7, 11) is 0. The predicted molar refractivity (Wildman–Crippen MR) is 123 cm³/mol. The van der Waals surface area contributed by atoms with Crippen LogP contribution in [0, 0.1) is 10.1 Å². The Morgan fingerprint density at radius 1 is 1.18 bits per heavy atom. The molecule has 0 spiro atoms. The summed E-state index contributed by atoms with van der Waals surface area (Å²) in [6.45, 7) is 1.48. The van der Waals surface area contributed by atoms with Crippen molar-refractivity contribution in [3.63, 3.8) is 0 Å². The lowest BCUT2D eigenvalue weighted by atomic mass is 10.2. The predicted octanol–water partition coefficient (Wildman–Crippen LogP) is 5.08. The summed E-state index contributed by atoms with van der Waals surface area (Å²) < 4.78 is 10.1. The lowest BCUT2D eigenvalue weighted by Crippen LogP contribution is -2.27. The molecule has 0 bridgehead atoms. The maximum atomic E-state index is 12.7. The van der Waals surface area contributed by atoms with Gasteiger partial charge in [-0.25, -0.2) is 4.79 Å². The maximum absolute atomic E-state index is 12.7. The Morgan fingerprint density at radius 2 is 1.82 bits per heavy atom. The number of benzene rings is 2. The van der Waals surface area contributed by atoms with E-state index in [4.69, 9.17) is 32.7 Å². The molecule has 12 heteroatoms. The van der Waals surface area contributed by atoms with Gasteiger partial charge in [0.15, 0.2) is 12.4 Å². The largest absolute Gasteiger partial charge is 0.479 e. The molecule has 0 atom stereocenters. The molecule has 1 saturated heterocycles. The van der Waals surface area contributed by atoms with E-state index in [1.807, 2.05) is 0 Å². The summed E-state index contributed by atoms with van der Waals surface area (Å²) in [6.07, 6.45) is 1.47. The fourth-order valence-corrected chi connectivity index (χ4v) is 4.28. The summed E-state index contributed by atoms with van der Waals surface area (Å²) >= 11 is 13.2. The quantitative estimate of drug-likeness (QED) is 0.209. The normalized spacial score (nSPS) is 14.6. The van der Waals surface area contributed by atoms with Gasteiger partial charge < -0.3 is 9.47 Å². The summed E-state index contributed by atoms with van der Waals surface area (Å²) in [5.74, 6) is -0.997. The molecule has 0 N–H and O–H groups in total. The van der Waals surface area contributed by atoms with Crippen LogP contribution in [-0.2, 0) is 20.9 Å². The molecule has 0 radical (unpaired) electrons. The van der Waals surface area contributed by atoms with E-state index in [1.165, 1.54) is 42.5 Å². The molecule has 9 nitrogen and oxygen atoms in total. The van der Waals surface area contributed by atoms with Gasteiger partial charge in [-0.05, 0) is 48.0 Å². The highest BCUT2D eigenvalue weighted by molar-refractivity contribution is 8.18. The van der Waals surface area contributed by atoms with Crippen molar-refractivity contribution in [3.05, 3.63) is 72.6 Å². The fourth-order valence-electron chi connectivity index (χ4n) is 2.83. The van der Waals surface area contributed by atoms with Gasteiger partial charge >= 0.3 is 5.97 Å². The Labute approximate surface area is 202 Å². The number of nitro groups is 1. The average molecular weight is 511 g/mol. The zero-order chi connectivity index (χ0) is 24.1. The number of imide groups is 1. The Hall–Kier alpha value is -3.08. The van der Waals surface area contributed by atoms with Crippen molar-refractivity contribution in [2.24, 2.45) is 0 Å². The van der Waals surface area contributed by atoms with Gasteiger partial charge in [0.1, 0.15) is 0 Å². The Bertz CT molecular complexity index is 1130. The van der Waals surface area contributed by atoms with E-state index in [0.29, 0.717) is 11.1 Å². The number of carbonyl (C=O) groups is 3. The zero-order valence-electron chi connectivity index (χ0n) is 17.1. The number of hydrogen-bond donors (Lipinski definition) is 0. The third-order valence-corrected chi connectivity index (χ3v) is 5.79. The molecule has 172 valence electrons. The van der Waals surface area contributed by atoms with Crippen molar-refractivity contribution in [2.45, 2.75) is 13.5 Å². The highest BCUT2D eigenvalue weighted by atomic mass is 35.5. The number of nitro benzene ring substituents is 1. The Kier molecular flexibility index (Phi) is 7.96. The minimum atomic E-state index is -0.574. The second kappa shape index (κ2) is 10.7. The van der Waals surface area contributed by atoms with E-state index < -0.39 is 22.0 Å². The van der Waals surface area contributed by atoms with Crippen molar-refractivity contribution >= 4 is 63.8 Å². The minimum absolute atomic E-state index is 0.0256. The SMILES string of the molecule is CCOC(=O)COc1c(Cl)cc(C=C2SC(=O)N(Cc3ccc([N+](=O)[O-])cc3)C2=O)cc1Cl. The molecule has 2 amide bonds. The topological polar surface area (TPSA) is 116 Å². The number of halogens is 2. The van der Waals surface area contributed by atoms with Crippen molar-refractivity contribution in [1.82, 2.24) is 4.90 Å². The van der Waals surface area contributed by atoms with E-state index in [1.54, 1.807) is 6.92 Å². The lowest BCUT2D eigenvalue weighted by Gasteiger charge is -2.12. The van der Waals surface area contributed by atoms with Gasteiger partial charge in [0.05, 0.1) is 33.0 Å². The van der Waals surface area contributed by atoms with Crippen LogP contribution in [0.3, 0.4) is 0 Å². The fraction of sp³-hybridized carbons (Fsp3) is 0.190. The highest BCUT2D eigenvalue weighted by Gasteiger charge is 2.35. The van der Waals surface area contributed by atoms with Crippen LogP contribution < -0.4 is 4.74 Å². The molecule has 2 aromatic rings. The standard InChI is InChI=1S/C21H16Cl2N2O7S/c1-2-31-18(26)11-32-19-15(22)7-13(8-16(19)23)9-17-20(27)24(21(28)33-17)10-12-3-5-14(6-4-12)25(29)30/h3-9H,2,10-11H2,1H3. The Morgan fingerprint density at radius 3 is 2.39 bits per heavy atom. The molecule has 33 heavy (non-hydrogen) atoms. The smallest absolute Gasteiger partial charge is 0.344 e. The van der Waals surface area contributed by atoms with Crippen LogP contribution >= 0.6 is 35.0 Å². The first-order valence-corrected chi connectivity index (χ1v) is 11.0. The second-order valence-corrected chi connectivity index (χ2v) is 8.41. The summed E-state index contributed by atoms with van der Waals surface area (Å²) in [6, 6.07) is 8.55. The van der Waals surface area contributed by atoms with Crippen LogP contribution in [0.1, 0.15) is 18.1 Å². The third kappa shape index (κ3) is 6.04. The monoisotopic (exact) mass is 510 g/mol. The Balaban J connectivity index is 1.74. The lowest BCUT2D eigenvalue weighted by molar-refractivity contribution is -0.384. The summed E-state index contributed by atoms with van der Waals surface area (Å²) in [5, 5.41) is 10.5. The van der Waals surface area contributed by atoms with Crippen molar-refractivity contribution < 1.29 is 28.8 Å². The molecule has 0 aliphatic carbocycles. The van der Waals surface area contributed by atoms with E-state index >= 15 is 0 Å². The molecular weight excluding hydrogens is 495 g/mol. The zero-order valence-corrected chi connectivity index (χ0v) is 19.4. The number of nitrogens with zero attached hydrogens (tertiary/aromatic N) is 2. The van der Waals surface area contributed by atoms with Crippen LogP contribution in [0.2, 0.25) is 10.0 Å². The number of esters is 1.